The van der Waals surface area contributed by atoms with Crippen molar-refractivity contribution < 1.29 is 19.1 Å². The van der Waals surface area contributed by atoms with Gasteiger partial charge < -0.3 is 14.4 Å². The lowest BCUT2D eigenvalue weighted by Gasteiger charge is -2.23. The predicted molar refractivity (Wildman–Crippen MR) is 93.2 cm³/mol. The number of carbonyl (C=O) groups is 2. The second-order valence-corrected chi connectivity index (χ2v) is 5.82. The molecule has 0 saturated heterocycles. The number of carbonyl (C=O) groups excluding carboxylic acids is 2. The molecule has 3 rings (SSSR count). The van der Waals surface area contributed by atoms with Gasteiger partial charge in [0.25, 0.3) is 5.91 Å². The Morgan fingerprint density at radius 3 is 2.76 bits per heavy atom. The minimum Gasteiger partial charge on any atom is -0.496 e. The van der Waals surface area contributed by atoms with E-state index < -0.39 is 5.97 Å². The summed E-state index contributed by atoms with van der Waals surface area (Å²) in [7, 11) is 2.77. The number of nitrogens with zero attached hydrogens (tertiary/aromatic N) is 2. The van der Waals surface area contributed by atoms with Gasteiger partial charge in [0.2, 0.25) is 0 Å². The normalized spacial score (nSPS) is 13.6. The molecule has 6 nitrogen and oxygen atoms in total. The van der Waals surface area contributed by atoms with Crippen molar-refractivity contribution in [3.63, 3.8) is 0 Å². The molecule has 0 fully saturated rings. The van der Waals surface area contributed by atoms with Gasteiger partial charge in [0.15, 0.2) is 0 Å². The number of hydrogen-bond donors (Lipinski definition) is 0. The van der Waals surface area contributed by atoms with Gasteiger partial charge in [0.05, 0.1) is 19.9 Å². The van der Waals surface area contributed by atoms with Crippen LogP contribution in [-0.2, 0) is 11.2 Å². The van der Waals surface area contributed by atoms with E-state index in [2.05, 4.69) is 4.98 Å². The molecule has 1 aromatic heterocycles. The number of amides is 1. The number of aryl methyl sites for hydroxylation is 1. The lowest BCUT2D eigenvalue weighted by molar-refractivity contribution is 0.0596. The number of esters is 1. The molecule has 6 heteroatoms. The van der Waals surface area contributed by atoms with Gasteiger partial charge in [-0.25, -0.2) is 4.79 Å². The smallest absolute Gasteiger partial charge is 0.341 e. The summed E-state index contributed by atoms with van der Waals surface area (Å²) < 4.78 is 10.00. The Hall–Kier alpha value is -2.89. The number of aromatic nitrogens is 1. The number of anilines is 1. The fraction of sp³-hybridized carbons (Fsp3) is 0.316. The van der Waals surface area contributed by atoms with Crippen LogP contribution in [-0.4, -0.2) is 37.6 Å². The van der Waals surface area contributed by atoms with E-state index in [-0.39, 0.29) is 5.91 Å². The SMILES string of the molecule is COC(=O)c1ccc(C(=O)N2CCCCc3cnccc32)cc1OC. The lowest BCUT2D eigenvalue weighted by Crippen LogP contribution is -2.31. The van der Waals surface area contributed by atoms with Crippen LogP contribution < -0.4 is 9.64 Å². The second kappa shape index (κ2) is 7.34. The van der Waals surface area contributed by atoms with Crippen molar-refractivity contribution >= 4 is 17.6 Å². The minimum atomic E-state index is -0.498. The summed E-state index contributed by atoms with van der Waals surface area (Å²) in [5, 5.41) is 0. The Kier molecular flexibility index (Phi) is 4.97. The van der Waals surface area contributed by atoms with Crippen LogP contribution >= 0.6 is 0 Å². The highest BCUT2D eigenvalue weighted by molar-refractivity contribution is 6.07. The molecular formula is C19H20N2O4. The molecule has 2 aromatic rings. The van der Waals surface area contributed by atoms with E-state index in [4.69, 9.17) is 9.47 Å². The summed E-state index contributed by atoms with van der Waals surface area (Å²) in [5.41, 5.74) is 2.73. The lowest BCUT2D eigenvalue weighted by atomic mass is 10.1. The molecule has 0 N–H and O–H groups in total. The summed E-state index contributed by atoms with van der Waals surface area (Å²) in [5.74, 6) is -0.298. The molecule has 25 heavy (non-hydrogen) atoms. The monoisotopic (exact) mass is 340 g/mol. The fourth-order valence-corrected chi connectivity index (χ4v) is 3.05. The molecule has 1 amide bonds. The minimum absolute atomic E-state index is 0.121. The largest absolute Gasteiger partial charge is 0.496 e. The Labute approximate surface area is 146 Å². The molecule has 0 bridgehead atoms. The third kappa shape index (κ3) is 3.33. The Morgan fingerprint density at radius 1 is 1.16 bits per heavy atom. The first-order valence-electron chi connectivity index (χ1n) is 8.17. The molecule has 0 spiro atoms. The van der Waals surface area contributed by atoms with Crippen molar-refractivity contribution in [2.24, 2.45) is 0 Å². The van der Waals surface area contributed by atoms with Crippen LogP contribution in [0.4, 0.5) is 5.69 Å². The quantitative estimate of drug-likeness (QED) is 0.804. The molecule has 1 aromatic carbocycles. The molecule has 1 aliphatic heterocycles. The van der Waals surface area contributed by atoms with E-state index in [9.17, 15) is 9.59 Å². The van der Waals surface area contributed by atoms with Crippen molar-refractivity contribution in [1.82, 2.24) is 4.98 Å². The number of fused-ring (bicyclic) bond motifs is 1. The van der Waals surface area contributed by atoms with Gasteiger partial charge in [-0.2, -0.15) is 0 Å². The van der Waals surface area contributed by atoms with Crippen molar-refractivity contribution in [2.75, 3.05) is 25.7 Å². The summed E-state index contributed by atoms with van der Waals surface area (Å²) in [4.78, 5) is 30.8. The van der Waals surface area contributed by atoms with Crippen LogP contribution in [0.1, 0.15) is 39.1 Å². The van der Waals surface area contributed by atoms with E-state index in [1.165, 1.54) is 14.2 Å². The highest BCUT2D eigenvalue weighted by Gasteiger charge is 2.24. The number of rotatable bonds is 3. The molecule has 0 atom stereocenters. The molecule has 130 valence electrons. The molecule has 0 radical (unpaired) electrons. The molecule has 0 aliphatic carbocycles. The third-order valence-corrected chi connectivity index (χ3v) is 4.35. The first kappa shape index (κ1) is 17.0. The molecule has 1 aliphatic rings. The summed E-state index contributed by atoms with van der Waals surface area (Å²) in [6, 6.07) is 6.64. The van der Waals surface area contributed by atoms with E-state index in [0.717, 1.165) is 30.5 Å². The van der Waals surface area contributed by atoms with Gasteiger partial charge in [0, 0.05) is 24.5 Å². The van der Waals surface area contributed by atoms with Gasteiger partial charge >= 0.3 is 5.97 Å². The van der Waals surface area contributed by atoms with E-state index in [1.807, 2.05) is 12.3 Å². The maximum atomic E-state index is 13.1. The van der Waals surface area contributed by atoms with E-state index >= 15 is 0 Å². The number of pyridine rings is 1. The van der Waals surface area contributed by atoms with Crippen LogP contribution in [0, 0.1) is 0 Å². The Morgan fingerprint density at radius 2 is 2.00 bits per heavy atom. The summed E-state index contributed by atoms with van der Waals surface area (Å²) in [6.07, 6.45) is 6.38. The fourth-order valence-electron chi connectivity index (χ4n) is 3.05. The first-order valence-corrected chi connectivity index (χ1v) is 8.17. The predicted octanol–water partition coefficient (Wildman–Crippen LogP) is 2.86. The molecular weight excluding hydrogens is 320 g/mol. The van der Waals surface area contributed by atoms with Crippen molar-refractivity contribution in [2.45, 2.75) is 19.3 Å². The van der Waals surface area contributed by atoms with Gasteiger partial charge in [-0.1, -0.05) is 0 Å². The number of methoxy groups -OCH3 is 2. The topological polar surface area (TPSA) is 68.7 Å². The van der Waals surface area contributed by atoms with Gasteiger partial charge in [-0.05, 0) is 49.1 Å². The number of hydrogen-bond acceptors (Lipinski definition) is 5. The zero-order chi connectivity index (χ0) is 17.8. The highest BCUT2D eigenvalue weighted by Crippen LogP contribution is 2.28. The molecule has 0 unspecified atom stereocenters. The van der Waals surface area contributed by atoms with E-state index in [0.29, 0.717) is 23.4 Å². The average molecular weight is 340 g/mol. The average Bonchev–Trinajstić information content (AvgIpc) is 2.88. The zero-order valence-corrected chi connectivity index (χ0v) is 14.3. The first-order chi connectivity index (χ1) is 12.2. The Bertz CT molecular complexity index is 804. The van der Waals surface area contributed by atoms with Crippen LogP contribution in [0.3, 0.4) is 0 Å². The summed E-state index contributed by atoms with van der Waals surface area (Å²) in [6.45, 7) is 0.650. The standard InChI is InChI=1S/C19H20N2O4/c1-24-17-11-13(6-7-15(17)19(23)25-2)18(22)21-10-4-3-5-14-12-20-9-8-16(14)21/h6-9,11-12H,3-5,10H2,1-2H3. The number of ether oxygens (including phenoxy) is 2. The van der Waals surface area contributed by atoms with E-state index in [1.54, 1.807) is 29.3 Å². The maximum Gasteiger partial charge on any atom is 0.341 e. The van der Waals surface area contributed by atoms with Crippen molar-refractivity contribution in [1.29, 1.82) is 0 Å². The second-order valence-electron chi connectivity index (χ2n) is 5.82. The maximum absolute atomic E-state index is 13.1. The number of benzene rings is 1. The van der Waals surface area contributed by atoms with Gasteiger partial charge in [0.1, 0.15) is 11.3 Å². The van der Waals surface area contributed by atoms with Crippen LogP contribution in [0.2, 0.25) is 0 Å². The van der Waals surface area contributed by atoms with Crippen molar-refractivity contribution in [3.8, 4) is 5.75 Å². The highest BCUT2D eigenvalue weighted by atomic mass is 16.5. The third-order valence-electron chi connectivity index (χ3n) is 4.35. The van der Waals surface area contributed by atoms with Crippen molar-refractivity contribution in [3.05, 3.63) is 53.3 Å². The van der Waals surface area contributed by atoms with Crippen LogP contribution in [0.25, 0.3) is 0 Å². The Balaban J connectivity index is 1.97. The van der Waals surface area contributed by atoms with Crippen LogP contribution in [0.5, 0.6) is 5.75 Å². The zero-order valence-electron chi connectivity index (χ0n) is 14.3. The molecule has 0 saturated carbocycles. The molecule has 2 heterocycles. The van der Waals surface area contributed by atoms with Gasteiger partial charge in [-0.3, -0.25) is 9.78 Å². The summed E-state index contributed by atoms with van der Waals surface area (Å²) >= 11 is 0. The van der Waals surface area contributed by atoms with Gasteiger partial charge in [-0.15, -0.1) is 0 Å². The van der Waals surface area contributed by atoms with Crippen LogP contribution in [0.15, 0.2) is 36.7 Å².